The quantitative estimate of drug-likeness (QED) is 0.0210. The van der Waals surface area contributed by atoms with Crippen LogP contribution in [0.4, 0.5) is 0 Å². The standard InChI is InChI=1S/C57H105N5O16.C2H6NO3P/c1-7-9-11-13-15-17-19-21-23-25-27-29-31-33-46(67)76-44(38-64)52(78-47(68)34-32-30-28-26-24-22-20-18-16-14-12-10-8-2)57(6,60)56(74)61-42(53(59)70)35-36-45(66)62(39(3)54(71)72)49(40(4)65)41(5)75-51-48(58)55(73)77-43(37-63)50(51)69;3-1-2-6-7(4)5/h39,41-44,48-52,55,63-64,69,73H,7-38,58,60H2,1-6H3,(H2,59,70)(H,61,74)(H,71,72);1-3H2/p+1/t39-,41?,42+,43+,44-,48+,49?,50+,51+,52?,55-,57+;/m0./s1. The molecular weight excluding hydrogens is 1130 g/mol. The average Bonchev–Trinajstić information content (AvgIpc) is 2.25. The lowest BCUT2D eigenvalue weighted by molar-refractivity contribution is -0.265. The van der Waals surface area contributed by atoms with Crippen molar-refractivity contribution in [2.45, 2.75) is 307 Å². The van der Waals surface area contributed by atoms with E-state index in [1.54, 1.807) is 0 Å². The van der Waals surface area contributed by atoms with Crippen LogP contribution in [0.15, 0.2) is 0 Å². The van der Waals surface area contributed by atoms with Gasteiger partial charge < -0.3 is 77.6 Å². The fourth-order valence-electron chi connectivity index (χ4n) is 10.1. The van der Waals surface area contributed by atoms with Crippen LogP contribution in [-0.4, -0.2) is 176 Å². The van der Waals surface area contributed by atoms with E-state index in [1.807, 2.05) is 0 Å². The summed E-state index contributed by atoms with van der Waals surface area (Å²) in [5, 5.41) is 53.9. The van der Waals surface area contributed by atoms with E-state index in [4.69, 9.17) is 46.8 Å². The maximum atomic E-state index is 14.2. The Kier molecular flexibility index (Phi) is 45.9. The van der Waals surface area contributed by atoms with Crippen molar-refractivity contribution in [3.63, 3.8) is 0 Å². The van der Waals surface area contributed by atoms with E-state index >= 15 is 0 Å². The summed E-state index contributed by atoms with van der Waals surface area (Å²) in [4.78, 5) is 102. The topological polar surface area (TPSA) is 423 Å². The molecule has 1 fully saturated rings. The number of carboxylic acid groups (broad SMARTS) is 1. The van der Waals surface area contributed by atoms with E-state index in [1.165, 1.54) is 103 Å². The van der Waals surface area contributed by atoms with Crippen LogP contribution in [-0.2, 0) is 61.6 Å². The number of rotatable bonds is 50. The zero-order chi connectivity index (χ0) is 64.3. The van der Waals surface area contributed by atoms with Gasteiger partial charge in [0.2, 0.25) is 17.7 Å². The molecule has 0 aromatic carbocycles. The smallest absolute Gasteiger partial charge is 0.480 e. The first kappa shape index (κ1) is 81.2. The Morgan fingerprint density at radius 3 is 1.52 bits per heavy atom. The third-order valence-electron chi connectivity index (χ3n) is 15.2. The highest BCUT2D eigenvalue weighted by Crippen LogP contribution is 2.27. The van der Waals surface area contributed by atoms with E-state index in [2.05, 4.69) is 23.7 Å². The number of amides is 3. The third-order valence-corrected chi connectivity index (χ3v) is 15.6. The Morgan fingerprint density at radius 2 is 1.15 bits per heavy atom. The lowest BCUT2D eigenvalue weighted by Gasteiger charge is -2.44. The normalized spacial score (nSPS) is 19.8. The molecule has 1 aliphatic rings. The monoisotopic (exact) mass is 1240 g/mol. The predicted octanol–water partition coefficient (Wildman–Crippen LogP) is 5.27. The number of carboxylic acids is 1. The number of carbonyl (C=O) groups excluding carboxylic acids is 6. The van der Waals surface area contributed by atoms with Gasteiger partial charge in [0, 0.05) is 30.4 Å². The van der Waals surface area contributed by atoms with Crippen LogP contribution >= 0.6 is 8.25 Å². The molecule has 1 saturated heterocycles. The Hall–Kier alpha value is -3.85. The van der Waals surface area contributed by atoms with E-state index in [0.29, 0.717) is 17.7 Å². The maximum absolute atomic E-state index is 14.2. The van der Waals surface area contributed by atoms with Gasteiger partial charge in [-0.1, -0.05) is 168 Å². The molecule has 0 bridgehead atoms. The maximum Gasteiger partial charge on any atom is 0.694 e. The number of Topliss-reactive ketones (excluding diaryl/α,β-unsaturated/α-hetero) is 1. The SMILES string of the molecule is CCCCCCCCCCCCCCCC(=O)OC([C@H](CO)OC(=O)CCCCCCCCCCCCCCC)[C@@](C)(N)C(=O)N[C@H](CCC(=O)N(C(C(C)=O)C(C)O[C@@H]1[C@@H](N)[C@@H](O)O[C@H](CO)[C@H]1O)[C@@H](C)C(=O)O)C(N)=O.NCCO[P+](=O)O. The third kappa shape index (κ3) is 34.5. The van der Waals surface area contributed by atoms with Crippen molar-refractivity contribution in [3.8, 4) is 0 Å². The molecule has 0 aromatic rings. The summed E-state index contributed by atoms with van der Waals surface area (Å²) in [6, 6.07) is -6.40. The summed E-state index contributed by atoms with van der Waals surface area (Å²) in [6.45, 7) is 7.87. The lowest BCUT2D eigenvalue weighted by atomic mass is 9.89. The minimum absolute atomic E-state index is 0.00954. The van der Waals surface area contributed by atoms with Gasteiger partial charge in [-0.15, -0.1) is 9.42 Å². The number of nitrogens with one attached hydrogen (secondary N) is 1. The molecule has 496 valence electrons. The summed E-state index contributed by atoms with van der Waals surface area (Å²) >= 11 is 0. The second kappa shape index (κ2) is 48.1. The molecule has 85 heavy (non-hydrogen) atoms. The number of aliphatic hydroxyl groups excluding tert-OH is 4. The first-order chi connectivity index (χ1) is 40.4. The molecule has 3 amide bonds. The number of ketones is 1. The van der Waals surface area contributed by atoms with Crippen LogP contribution in [0.25, 0.3) is 0 Å². The molecule has 15 N–H and O–H groups in total. The van der Waals surface area contributed by atoms with Gasteiger partial charge in [0.1, 0.15) is 48.6 Å². The van der Waals surface area contributed by atoms with Crippen molar-refractivity contribution in [2.75, 3.05) is 26.4 Å². The minimum atomic E-state index is -2.44. The number of primary amides is 1. The van der Waals surface area contributed by atoms with Gasteiger partial charge in [0.15, 0.2) is 24.3 Å². The molecular formula is C59H112N6O19P+. The van der Waals surface area contributed by atoms with E-state index in [9.17, 15) is 63.7 Å². The molecule has 1 heterocycles. The summed E-state index contributed by atoms with van der Waals surface area (Å²) in [6.07, 6.45) is 16.2. The number of aliphatic carboxylic acids is 1. The number of nitrogens with two attached hydrogens (primary N) is 4. The van der Waals surface area contributed by atoms with Crippen LogP contribution in [0, 0.1) is 0 Å². The fraction of sp³-hybridized carbons (Fsp3) is 0.881. The van der Waals surface area contributed by atoms with Crippen LogP contribution in [0.3, 0.4) is 0 Å². The molecule has 25 nitrogen and oxygen atoms in total. The fourth-order valence-corrected chi connectivity index (χ4v) is 10.4. The molecule has 0 saturated carbocycles. The molecule has 0 spiro atoms. The zero-order valence-electron chi connectivity index (χ0n) is 52.1. The number of hydrogen-bond donors (Lipinski definition) is 11. The number of nitrogens with zero attached hydrogens (tertiary/aromatic N) is 1. The van der Waals surface area contributed by atoms with Crippen molar-refractivity contribution >= 4 is 49.7 Å². The number of carbonyl (C=O) groups is 7. The van der Waals surface area contributed by atoms with Crippen molar-refractivity contribution in [1.82, 2.24) is 10.2 Å². The largest absolute Gasteiger partial charge is 0.694 e. The van der Waals surface area contributed by atoms with Gasteiger partial charge in [-0.3, -0.25) is 28.8 Å². The first-order valence-electron chi connectivity index (χ1n) is 31.3. The summed E-state index contributed by atoms with van der Waals surface area (Å²) in [5.41, 5.74) is 21.0. The molecule has 1 rings (SSSR count). The molecule has 13 atom stereocenters. The zero-order valence-corrected chi connectivity index (χ0v) is 53.0. The number of hydrogen-bond acceptors (Lipinski definition) is 20. The van der Waals surface area contributed by atoms with Crippen LogP contribution < -0.4 is 28.3 Å². The second-order valence-corrected chi connectivity index (χ2v) is 23.4. The van der Waals surface area contributed by atoms with Crippen LogP contribution in [0.1, 0.15) is 234 Å². The van der Waals surface area contributed by atoms with Crippen molar-refractivity contribution in [1.29, 1.82) is 0 Å². The second-order valence-electron chi connectivity index (χ2n) is 22.7. The van der Waals surface area contributed by atoms with Crippen LogP contribution in [0.2, 0.25) is 0 Å². The van der Waals surface area contributed by atoms with Crippen LogP contribution in [0.5, 0.6) is 0 Å². The highest BCUT2D eigenvalue weighted by atomic mass is 31.1. The minimum Gasteiger partial charge on any atom is -0.480 e. The Bertz CT molecular complexity index is 1890. The predicted molar refractivity (Wildman–Crippen MR) is 320 cm³/mol. The van der Waals surface area contributed by atoms with E-state index in [-0.39, 0.29) is 26.0 Å². The number of ether oxygens (including phenoxy) is 4. The summed E-state index contributed by atoms with van der Waals surface area (Å²) in [5.74, 6) is -7.05. The van der Waals surface area contributed by atoms with Gasteiger partial charge in [-0.25, -0.2) is 4.79 Å². The molecule has 0 radical (unpaired) electrons. The van der Waals surface area contributed by atoms with E-state index < -0.39 is 148 Å². The van der Waals surface area contributed by atoms with Crippen molar-refractivity contribution in [2.24, 2.45) is 22.9 Å². The molecule has 26 heteroatoms. The highest BCUT2D eigenvalue weighted by Gasteiger charge is 2.49. The average molecular weight is 1240 g/mol. The number of aliphatic hydroxyl groups is 4. The van der Waals surface area contributed by atoms with Gasteiger partial charge in [0.25, 0.3) is 0 Å². The van der Waals surface area contributed by atoms with E-state index in [0.717, 1.165) is 78.6 Å². The molecule has 0 aliphatic carbocycles. The van der Waals surface area contributed by atoms with Gasteiger partial charge in [0.05, 0.1) is 25.4 Å². The van der Waals surface area contributed by atoms with Crippen molar-refractivity contribution < 1.29 is 92.0 Å². The van der Waals surface area contributed by atoms with Gasteiger partial charge in [-0.2, -0.15) is 0 Å². The summed E-state index contributed by atoms with van der Waals surface area (Å²) < 4.78 is 36.3. The Morgan fingerprint density at radius 1 is 0.718 bits per heavy atom. The first-order valence-corrected chi connectivity index (χ1v) is 32.5. The lowest BCUT2D eigenvalue weighted by Crippen LogP contribution is -2.66. The Labute approximate surface area is 506 Å². The molecule has 4 unspecified atom stereocenters. The van der Waals surface area contributed by atoms with Crippen molar-refractivity contribution in [3.05, 3.63) is 0 Å². The number of unbranched alkanes of at least 4 members (excludes halogenated alkanes) is 24. The highest BCUT2D eigenvalue weighted by molar-refractivity contribution is 7.32. The molecule has 1 aliphatic heterocycles. The molecule has 0 aromatic heterocycles. The van der Waals surface area contributed by atoms with Gasteiger partial charge in [-0.05, 0) is 47.0 Å². The summed E-state index contributed by atoms with van der Waals surface area (Å²) in [7, 11) is -2.44. The Balaban J connectivity index is 0.00000942. The van der Waals surface area contributed by atoms with Gasteiger partial charge >= 0.3 is 26.2 Å². The number of esters is 2.